The van der Waals surface area contributed by atoms with Crippen LogP contribution in [0.5, 0.6) is 0 Å². The lowest BCUT2D eigenvalue weighted by molar-refractivity contribution is 0.0615. The first-order valence-electron chi connectivity index (χ1n) is 8.62. The molecule has 4 heteroatoms. The summed E-state index contributed by atoms with van der Waals surface area (Å²) in [7, 11) is 0. The largest absolute Gasteiger partial charge is 0.446 e. The van der Waals surface area contributed by atoms with Crippen LogP contribution in [-0.4, -0.2) is 15.4 Å². The molecule has 0 atom stereocenters. The van der Waals surface area contributed by atoms with Gasteiger partial charge in [0.1, 0.15) is 0 Å². The van der Waals surface area contributed by atoms with Gasteiger partial charge in [-0.3, -0.25) is 4.57 Å². The highest BCUT2D eigenvalue weighted by Gasteiger charge is 2.44. The lowest BCUT2D eigenvalue weighted by Crippen LogP contribution is -2.42. The Morgan fingerprint density at radius 1 is 0.769 bits per heavy atom. The summed E-state index contributed by atoms with van der Waals surface area (Å²) in [6, 6.07) is 28.6. The molecule has 1 aromatic heterocycles. The number of aromatic nitrogens is 2. The fraction of sp³-hybridized carbons (Fsp3) is 0.0909. The van der Waals surface area contributed by atoms with Gasteiger partial charge in [-0.15, -0.1) is 0 Å². The van der Waals surface area contributed by atoms with E-state index in [9.17, 15) is 0 Å². The Labute approximate surface area is 151 Å². The van der Waals surface area contributed by atoms with Crippen molar-refractivity contribution >= 4 is 22.9 Å². The minimum atomic E-state index is -0.847. The lowest BCUT2D eigenvalue weighted by atomic mass is 9.93. The van der Waals surface area contributed by atoms with E-state index in [-0.39, 0.29) is 0 Å². The standard InChI is InChI=1S/C22H17N3O/c1-16-23-21-24-19-14-8-9-15-20(19)25(21)22(26-16,17-10-4-2-5-11-17)18-12-6-3-7-13-18/h2-15H,1H3. The predicted octanol–water partition coefficient (Wildman–Crippen LogP) is 4.87. The third kappa shape index (κ3) is 2.02. The molecule has 0 amide bonds. The number of nitrogens with zero attached hydrogens (tertiary/aromatic N) is 3. The number of benzene rings is 3. The molecule has 26 heavy (non-hydrogen) atoms. The van der Waals surface area contributed by atoms with Crippen molar-refractivity contribution in [3.63, 3.8) is 0 Å². The number of para-hydroxylation sites is 2. The maximum absolute atomic E-state index is 6.51. The molecule has 4 aromatic rings. The summed E-state index contributed by atoms with van der Waals surface area (Å²) in [5, 5.41) is 0. The normalized spacial score (nSPS) is 15.2. The van der Waals surface area contributed by atoms with E-state index in [0.717, 1.165) is 22.2 Å². The zero-order chi connectivity index (χ0) is 17.6. The molecule has 3 aromatic carbocycles. The molecule has 1 aliphatic heterocycles. The summed E-state index contributed by atoms with van der Waals surface area (Å²) < 4.78 is 8.61. The maximum Gasteiger partial charge on any atom is 0.243 e. The van der Waals surface area contributed by atoms with Crippen molar-refractivity contribution in [3.05, 3.63) is 96.1 Å². The second-order valence-corrected chi connectivity index (χ2v) is 6.34. The summed E-state index contributed by atoms with van der Waals surface area (Å²) in [6.45, 7) is 1.88. The van der Waals surface area contributed by atoms with Gasteiger partial charge in [-0.25, -0.2) is 4.98 Å². The van der Waals surface area contributed by atoms with Gasteiger partial charge in [0, 0.05) is 18.1 Å². The summed E-state index contributed by atoms with van der Waals surface area (Å²) >= 11 is 0. The van der Waals surface area contributed by atoms with E-state index in [2.05, 4.69) is 39.9 Å². The van der Waals surface area contributed by atoms with Crippen molar-refractivity contribution in [3.8, 4) is 0 Å². The van der Waals surface area contributed by atoms with Crippen LogP contribution in [0.4, 0.5) is 5.95 Å². The molecule has 0 saturated carbocycles. The monoisotopic (exact) mass is 339 g/mol. The van der Waals surface area contributed by atoms with E-state index < -0.39 is 5.72 Å². The van der Waals surface area contributed by atoms with Gasteiger partial charge in [-0.2, -0.15) is 4.99 Å². The SMILES string of the molecule is CC1=Nc2nc3ccccc3n2C(c2ccccc2)(c2ccccc2)O1. The Hall–Kier alpha value is -3.40. The minimum absolute atomic E-state index is 0.598. The van der Waals surface area contributed by atoms with Crippen molar-refractivity contribution in [1.29, 1.82) is 0 Å². The molecule has 0 aliphatic carbocycles. The number of fused-ring (bicyclic) bond motifs is 3. The van der Waals surface area contributed by atoms with Crippen molar-refractivity contribution in [2.75, 3.05) is 0 Å². The highest BCUT2D eigenvalue weighted by Crippen LogP contribution is 2.43. The Kier molecular flexibility index (Phi) is 3.19. The van der Waals surface area contributed by atoms with Gasteiger partial charge in [-0.05, 0) is 12.1 Å². The van der Waals surface area contributed by atoms with Gasteiger partial charge in [0.15, 0.2) is 5.90 Å². The molecule has 0 saturated heterocycles. The average molecular weight is 339 g/mol. The second-order valence-electron chi connectivity index (χ2n) is 6.34. The van der Waals surface area contributed by atoms with Gasteiger partial charge in [0.2, 0.25) is 11.7 Å². The Balaban J connectivity index is 1.94. The highest BCUT2D eigenvalue weighted by atomic mass is 16.5. The molecule has 4 nitrogen and oxygen atoms in total. The van der Waals surface area contributed by atoms with Crippen molar-refractivity contribution in [1.82, 2.24) is 9.55 Å². The zero-order valence-electron chi connectivity index (χ0n) is 14.3. The van der Waals surface area contributed by atoms with Crippen molar-refractivity contribution in [2.24, 2.45) is 4.99 Å². The number of imidazole rings is 1. The summed E-state index contributed by atoms with van der Waals surface area (Å²) in [6.07, 6.45) is 0. The zero-order valence-corrected chi connectivity index (χ0v) is 14.3. The number of aliphatic imine (C=N–C) groups is 1. The third-order valence-electron chi connectivity index (χ3n) is 4.74. The van der Waals surface area contributed by atoms with E-state index in [0.29, 0.717) is 11.8 Å². The molecule has 2 heterocycles. The van der Waals surface area contributed by atoms with E-state index >= 15 is 0 Å². The lowest BCUT2D eigenvalue weighted by Gasteiger charge is -2.39. The first-order chi connectivity index (χ1) is 12.8. The van der Waals surface area contributed by atoms with Crippen LogP contribution in [0, 0.1) is 0 Å². The summed E-state index contributed by atoms with van der Waals surface area (Å²) in [5.74, 6) is 1.25. The Morgan fingerprint density at radius 2 is 1.35 bits per heavy atom. The van der Waals surface area contributed by atoms with E-state index in [1.807, 2.05) is 61.5 Å². The van der Waals surface area contributed by atoms with E-state index in [1.54, 1.807) is 0 Å². The fourth-order valence-electron chi connectivity index (χ4n) is 3.69. The van der Waals surface area contributed by atoms with Gasteiger partial charge in [0.25, 0.3) is 0 Å². The van der Waals surface area contributed by atoms with Crippen molar-refractivity contribution < 1.29 is 4.74 Å². The van der Waals surface area contributed by atoms with E-state index in [1.165, 1.54) is 0 Å². The van der Waals surface area contributed by atoms with Crippen LogP contribution in [0.15, 0.2) is 89.9 Å². The van der Waals surface area contributed by atoms with Gasteiger partial charge in [-0.1, -0.05) is 72.8 Å². The Bertz CT molecular complexity index is 1070. The summed E-state index contributed by atoms with van der Waals surface area (Å²) in [5.41, 5.74) is 3.11. The average Bonchev–Trinajstić information content (AvgIpc) is 3.07. The van der Waals surface area contributed by atoms with Crippen LogP contribution in [-0.2, 0) is 10.5 Å². The third-order valence-corrected chi connectivity index (χ3v) is 4.74. The van der Waals surface area contributed by atoms with Crippen LogP contribution in [0.2, 0.25) is 0 Å². The Morgan fingerprint density at radius 3 is 2.00 bits per heavy atom. The topological polar surface area (TPSA) is 39.4 Å². The first kappa shape index (κ1) is 14.9. The molecule has 0 bridgehead atoms. The quantitative estimate of drug-likeness (QED) is 0.523. The van der Waals surface area contributed by atoms with Crippen molar-refractivity contribution in [2.45, 2.75) is 12.6 Å². The molecule has 0 N–H and O–H groups in total. The molecule has 0 radical (unpaired) electrons. The van der Waals surface area contributed by atoms with Crippen LogP contribution < -0.4 is 0 Å². The van der Waals surface area contributed by atoms with E-state index in [4.69, 9.17) is 9.72 Å². The molecule has 0 unspecified atom stereocenters. The van der Waals surface area contributed by atoms with Crippen LogP contribution >= 0.6 is 0 Å². The number of hydrogen-bond acceptors (Lipinski definition) is 3. The molecule has 126 valence electrons. The number of rotatable bonds is 2. The van der Waals surface area contributed by atoms with Gasteiger partial charge in [0.05, 0.1) is 11.0 Å². The first-order valence-corrected chi connectivity index (χ1v) is 8.62. The fourth-order valence-corrected chi connectivity index (χ4v) is 3.69. The van der Waals surface area contributed by atoms with Crippen LogP contribution in [0.1, 0.15) is 18.1 Å². The number of hydrogen-bond donors (Lipinski definition) is 0. The molecule has 1 aliphatic rings. The van der Waals surface area contributed by atoms with Gasteiger partial charge >= 0.3 is 0 Å². The minimum Gasteiger partial charge on any atom is -0.446 e. The maximum atomic E-state index is 6.51. The molecule has 0 spiro atoms. The second kappa shape index (κ2) is 5.56. The van der Waals surface area contributed by atoms with Crippen LogP contribution in [0.25, 0.3) is 11.0 Å². The molecule has 0 fully saturated rings. The smallest absolute Gasteiger partial charge is 0.243 e. The summed E-state index contributed by atoms with van der Waals surface area (Å²) in [4.78, 5) is 9.32. The highest BCUT2D eigenvalue weighted by molar-refractivity contribution is 5.84. The molecular formula is C22H17N3O. The van der Waals surface area contributed by atoms with Gasteiger partial charge < -0.3 is 4.74 Å². The number of ether oxygens (including phenoxy) is 1. The molecule has 5 rings (SSSR count). The predicted molar refractivity (Wildman–Crippen MR) is 103 cm³/mol. The van der Waals surface area contributed by atoms with Crippen LogP contribution in [0.3, 0.4) is 0 Å². The molecular weight excluding hydrogens is 322 g/mol.